The Morgan fingerprint density at radius 3 is 2.21 bits per heavy atom. The van der Waals surface area contributed by atoms with E-state index in [4.69, 9.17) is 5.73 Å². The van der Waals surface area contributed by atoms with Gasteiger partial charge < -0.3 is 5.73 Å². The Kier molecular flexibility index (Phi) is 3.39. The number of sulfonamides is 1. The van der Waals surface area contributed by atoms with Gasteiger partial charge in [-0.3, -0.25) is 4.72 Å². The molecule has 0 atom stereocenters. The predicted molar refractivity (Wildman–Crippen MR) is 68.0 cm³/mol. The minimum atomic E-state index is -3.96. The van der Waals surface area contributed by atoms with E-state index in [1.165, 1.54) is 12.1 Å². The van der Waals surface area contributed by atoms with Gasteiger partial charge in [-0.25, -0.2) is 17.2 Å². The number of rotatable bonds is 3. The van der Waals surface area contributed by atoms with E-state index >= 15 is 0 Å². The van der Waals surface area contributed by atoms with E-state index in [1.807, 2.05) is 0 Å². The Bertz CT molecular complexity index is 700. The monoisotopic (exact) mass is 284 g/mol. The second-order valence-electron chi connectivity index (χ2n) is 3.80. The third-order valence-electron chi connectivity index (χ3n) is 2.36. The topological polar surface area (TPSA) is 72.2 Å². The molecule has 0 bridgehead atoms. The van der Waals surface area contributed by atoms with Crippen molar-refractivity contribution in [1.82, 2.24) is 0 Å². The van der Waals surface area contributed by atoms with Gasteiger partial charge in [-0.15, -0.1) is 0 Å². The third-order valence-corrected chi connectivity index (χ3v) is 3.74. The summed E-state index contributed by atoms with van der Waals surface area (Å²) in [5, 5.41) is 0. The summed E-state index contributed by atoms with van der Waals surface area (Å²) in [6.45, 7) is 0. The Morgan fingerprint density at radius 2 is 1.63 bits per heavy atom. The molecule has 100 valence electrons. The highest BCUT2D eigenvalue weighted by molar-refractivity contribution is 7.92. The standard InChI is InChI=1S/C12H10F2N2O2S/c13-8-1-4-10(5-2-8)19(17,18)16-12-6-3-9(15)7-11(12)14/h1-7,16H,15H2. The Hall–Kier alpha value is -2.15. The molecule has 0 unspecified atom stereocenters. The molecule has 0 aliphatic carbocycles. The first-order chi connectivity index (χ1) is 8.88. The van der Waals surface area contributed by atoms with E-state index in [0.29, 0.717) is 0 Å². The van der Waals surface area contributed by atoms with E-state index in [9.17, 15) is 17.2 Å². The molecule has 0 heterocycles. The maximum Gasteiger partial charge on any atom is 0.261 e. The van der Waals surface area contributed by atoms with Gasteiger partial charge in [0.15, 0.2) is 0 Å². The average molecular weight is 284 g/mol. The molecule has 4 nitrogen and oxygen atoms in total. The maximum atomic E-state index is 13.5. The Balaban J connectivity index is 2.33. The SMILES string of the molecule is Nc1ccc(NS(=O)(=O)c2ccc(F)cc2)c(F)c1. The van der Waals surface area contributed by atoms with Crippen molar-refractivity contribution in [3.8, 4) is 0 Å². The van der Waals surface area contributed by atoms with E-state index in [1.54, 1.807) is 0 Å². The number of nitrogens with two attached hydrogens (primary N) is 1. The van der Waals surface area contributed by atoms with Crippen LogP contribution in [0, 0.1) is 11.6 Å². The third kappa shape index (κ3) is 3.00. The van der Waals surface area contributed by atoms with Crippen LogP contribution in [0.15, 0.2) is 47.4 Å². The lowest BCUT2D eigenvalue weighted by Crippen LogP contribution is -2.14. The highest BCUT2D eigenvalue weighted by Gasteiger charge is 2.16. The number of halogens is 2. The van der Waals surface area contributed by atoms with E-state index in [0.717, 1.165) is 30.3 Å². The smallest absolute Gasteiger partial charge is 0.261 e. The Morgan fingerprint density at radius 1 is 1.00 bits per heavy atom. The first-order valence-electron chi connectivity index (χ1n) is 5.22. The fourth-order valence-corrected chi connectivity index (χ4v) is 2.50. The number of hydrogen-bond donors (Lipinski definition) is 2. The zero-order valence-corrected chi connectivity index (χ0v) is 10.4. The lowest BCUT2D eigenvalue weighted by Gasteiger charge is -2.09. The summed E-state index contributed by atoms with van der Waals surface area (Å²) < 4.78 is 52.1. The second-order valence-corrected chi connectivity index (χ2v) is 5.48. The second kappa shape index (κ2) is 4.85. The fraction of sp³-hybridized carbons (Fsp3) is 0. The van der Waals surface area contributed by atoms with Crippen molar-refractivity contribution in [3.05, 3.63) is 54.1 Å². The zero-order valence-electron chi connectivity index (χ0n) is 9.60. The molecule has 0 aromatic heterocycles. The molecule has 0 fully saturated rings. The molecule has 19 heavy (non-hydrogen) atoms. The van der Waals surface area contributed by atoms with Crippen LogP contribution < -0.4 is 10.5 Å². The molecule has 0 saturated heterocycles. The minimum Gasteiger partial charge on any atom is -0.399 e. The van der Waals surface area contributed by atoms with Gasteiger partial charge in [-0.1, -0.05) is 0 Å². The normalized spacial score (nSPS) is 11.3. The van der Waals surface area contributed by atoms with Crippen LogP contribution in [-0.2, 0) is 10.0 Å². The molecular formula is C12H10F2N2O2S. The van der Waals surface area contributed by atoms with Gasteiger partial charge in [-0.05, 0) is 42.5 Å². The molecule has 0 spiro atoms. The number of hydrogen-bond acceptors (Lipinski definition) is 3. The summed E-state index contributed by atoms with van der Waals surface area (Å²) in [7, 11) is -3.96. The quantitative estimate of drug-likeness (QED) is 0.850. The summed E-state index contributed by atoms with van der Waals surface area (Å²) in [6, 6.07) is 7.78. The van der Waals surface area contributed by atoms with Crippen molar-refractivity contribution in [3.63, 3.8) is 0 Å². The summed E-state index contributed by atoms with van der Waals surface area (Å²) in [6.07, 6.45) is 0. The van der Waals surface area contributed by atoms with E-state index < -0.39 is 21.7 Å². The van der Waals surface area contributed by atoms with Crippen LogP contribution in [0.25, 0.3) is 0 Å². The highest BCUT2D eigenvalue weighted by Crippen LogP contribution is 2.21. The lowest BCUT2D eigenvalue weighted by atomic mass is 10.3. The van der Waals surface area contributed by atoms with Gasteiger partial charge in [-0.2, -0.15) is 0 Å². The summed E-state index contributed by atoms with van der Waals surface area (Å²) in [4.78, 5) is -0.162. The summed E-state index contributed by atoms with van der Waals surface area (Å²) in [5.74, 6) is -1.34. The van der Waals surface area contributed by atoms with Gasteiger partial charge >= 0.3 is 0 Å². The summed E-state index contributed by atoms with van der Waals surface area (Å²) in [5.41, 5.74) is 5.32. The molecule has 2 aromatic carbocycles. The molecule has 2 rings (SSSR count). The fourth-order valence-electron chi connectivity index (χ4n) is 1.43. The van der Waals surface area contributed by atoms with Crippen molar-refractivity contribution in [2.45, 2.75) is 4.90 Å². The predicted octanol–water partition coefficient (Wildman–Crippen LogP) is 2.35. The van der Waals surface area contributed by atoms with E-state index in [-0.39, 0.29) is 16.3 Å². The lowest BCUT2D eigenvalue weighted by molar-refractivity contribution is 0.597. The zero-order chi connectivity index (χ0) is 14.0. The minimum absolute atomic E-state index is 0.162. The molecule has 0 aliphatic heterocycles. The van der Waals surface area contributed by atoms with Crippen LogP contribution in [0.2, 0.25) is 0 Å². The van der Waals surface area contributed by atoms with Crippen LogP contribution in [0.5, 0.6) is 0 Å². The number of nitrogen functional groups attached to an aromatic ring is 1. The number of benzene rings is 2. The van der Waals surface area contributed by atoms with Gasteiger partial charge in [0.25, 0.3) is 10.0 Å². The van der Waals surface area contributed by atoms with Crippen molar-refractivity contribution >= 4 is 21.4 Å². The van der Waals surface area contributed by atoms with Crippen molar-refractivity contribution < 1.29 is 17.2 Å². The molecule has 2 aromatic rings. The molecule has 0 aliphatic rings. The van der Waals surface area contributed by atoms with Crippen molar-refractivity contribution in [2.75, 3.05) is 10.5 Å². The van der Waals surface area contributed by atoms with Crippen molar-refractivity contribution in [1.29, 1.82) is 0 Å². The van der Waals surface area contributed by atoms with E-state index in [2.05, 4.69) is 4.72 Å². The molecule has 3 N–H and O–H groups in total. The average Bonchev–Trinajstić information content (AvgIpc) is 2.33. The van der Waals surface area contributed by atoms with Crippen LogP contribution in [0.1, 0.15) is 0 Å². The largest absolute Gasteiger partial charge is 0.399 e. The van der Waals surface area contributed by atoms with Crippen LogP contribution >= 0.6 is 0 Å². The maximum absolute atomic E-state index is 13.5. The number of anilines is 2. The Labute approximate surface area is 108 Å². The molecule has 7 heteroatoms. The first kappa shape index (κ1) is 13.3. The van der Waals surface area contributed by atoms with Crippen LogP contribution in [0.3, 0.4) is 0 Å². The number of nitrogens with one attached hydrogen (secondary N) is 1. The van der Waals surface area contributed by atoms with Crippen LogP contribution in [0.4, 0.5) is 20.2 Å². The van der Waals surface area contributed by atoms with Gasteiger partial charge in [0, 0.05) is 5.69 Å². The molecular weight excluding hydrogens is 274 g/mol. The molecule has 0 radical (unpaired) electrons. The van der Waals surface area contributed by atoms with Gasteiger partial charge in [0.1, 0.15) is 11.6 Å². The molecule has 0 amide bonds. The van der Waals surface area contributed by atoms with Crippen LogP contribution in [-0.4, -0.2) is 8.42 Å². The van der Waals surface area contributed by atoms with Crippen molar-refractivity contribution in [2.24, 2.45) is 0 Å². The summed E-state index contributed by atoms with van der Waals surface area (Å²) >= 11 is 0. The van der Waals surface area contributed by atoms with Gasteiger partial charge in [0.2, 0.25) is 0 Å². The first-order valence-corrected chi connectivity index (χ1v) is 6.70. The van der Waals surface area contributed by atoms with Gasteiger partial charge in [0.05, 0.1) is 10.6 Å². The molecule has 0 saturated carbocycles. The highest BCUT2D eigenvalue weighted by atomic mass is 32.2.